The highest BCUT2D eigenvalue weighted by Gasteiger charge is 2.34. The first kappa shape index (κ1) is 29.7. The minimum Gasteiger partial charge on any atom is -0.392 e. The fourth-order valence-corrected chi connectivity index (χ4v) is 5.58. The lowest BCUT2D eigenvalue weighted by Crippen LogP contribution is -2.50. The fraction of sp³-hybridized carbons (Fsp3) is 0.324. The Hall–Kier alpha value is -4.35. The minimum absolute atomic E-state index is 0.00479. The van der Waals surface area contributed by atoms with Crippen molar-refractivity contribution in [2.45, 2.75) is 38.1 Å². The second-order valence-corrected chi connectivity index (χ2v) is 11.1. The van der Waals surface area contributed by atoms with E-state index >= 15 is 0 Å². The largest absolute Gasteiger partial charge is 0.392 e. The van der Waals surface area contributed by atoms with Gasteiger partial charge < -0.3 is 30.1 Å². The van der Waals surface area contributed by atoms with Crippen LogP contribution in [0.15, 0.2) is 97.3 Å². The van der Waals surface area contributed by atoms with Gasteiger partial charge in [-0.1, -0.05) is 66.7 Å². The Morgan fingerprint density at radius 1 is 0.818 bits per heavy atom. The van der Waals surface area contributed by atoms with E-state index in [-0.39, 0.29) is 24.8 Å². The maximum Gasteiger partial charge on any atom is 0.319 e. The molecule has 2 fully saturated rings. The molecule has 228 valence electrons. The molecule has 6 rings (SSSR count). The number of carbonyl (C=O) groups excluding carboxylic acids is 1. The number of carbonyl (C=O) groups is 1. The van der Waals surface area contributed by atoms with E-state index in [1.807, 2.05) is 84.9 Å². The normalized spacial score (nSPS) is 20.7. The van der Waals surface area contributed by atoms with Gasteiger partial charge in [0, 0.05) is 69.3 Å². The highest BCUT2D eigenvalue weighted by Crippen LogP contribution is 2.38. The summed E-state index contributed by atoms with van der Waals surface area (Å²) < 4.78 is 13.1. The van der Waals surface area contributed by atoms with Gasteiger partial charge in [0.25, 0.3) is 0 Å². The minimum atomic E-state index is -0.559. The monoisotopic (exact) mass is 594 g/mol. The molecule has 10 nitrogen and oxygen atoms in total. The van der Waals surface area contributed by atoms with Gasteiger partial charge in [-0.15, -0.1) is 0 Å². The third-order valence-electron chi connectivity index (χ3n) is 8.02. The topological polar surface area (TPSA) is 112 Å². The molecule has 2 saturated heterocycles. The number of urea groups is 1. The molecule has 3 aromatic carbocycles. The Balaban J connectivity index is 1.10. The fourth-order valence-electron chi connectivity index (χ4n) is 5.58. The average Bonchev–Trinajstić information content (AvgIpc) is 3.09. The number of benzene rings is 3. The highest BCUT2D eigenvalue weighted by atomic mass is 16.7. The van der Waals surface area contributed by atoms with E-state index in [2.05, 4.69) is 30.4 Å². The number of piperazine rings is 1. The number of aromatic nitrogens is 2. The Bertz CT molecular complexity index is 1470. The lowest BCUT2D eigenvalue weighted by atomic mass is 9.99. The quantitative estimate of drug-likeness (QED) is 0.257. The summed E-state index contributed by atoms with van der Waals surface area (Å²) in [6, 6.07) is 26.9. The highest BCUT2D eigenvalue weighted by molar-refractivity contribution is 5.89. The zero-order valence-corrected chi connectivity index (χ0v) is 24.6. The zero-order chi connectivity index (χ0) is 30.1. The van der Waals surface area contributed by atoms with E-state index < -0.39 is 6.29 Å². The number of nitrogens with zero attached hydrogens (tertiary/aromatic N) is 4. The Morgan fingerprint density at radius 2 is 1.52 bits per heavy atom. The molecule has 4 aromatic rings. The lowest BCUT2D eigenvalue weighted by molar-refractivity contribution is -0.253. The van der Waals surface area contributed by atoms with Crippen molar-refractivity contribution in [3.63, 3.8) is 0 Å². The van der Waals surface area contributed by atoms with E-state index in [9.17, 15) is 9.90 Å². The number of nitrogens with one attached hydrogen (secondary N) is 2. The van der Waals surface area contributed by atoms with Crippen LogP contribution in [0.3, 0.4) is 0 Å². The summed E-state index contributed by atoms with van der Waals surface area (Å²) in [4.78, 5) is 25.9. The smallest absolute Gasteiger partial charge is 0.319 e. The molecule has 2 amide bonds. The van der Waals surface area contributed by atoms with Crippen molar-refractivity contribution in [2.75, 3.05) is 42.9 Å². The average molecular weight is 595 g/mol. The molecular formula is C34H38N6O4. The molecule has 3 heterocycles. The zero-order valence-electron chi connectivity index (χ0n) is 24.6. The molecule has 0 spiro atoms. The molecule has 3 N–H and O–H groups in total. The third kappa shape index (κ3) is 7.78. The van der Waals surface area contributed by atoms with Crippen LogP contribution >= 0.6 is 0 Å². The van der Waals surface area contributed by atoms with E-state index in [4.69, 9.17) is 9.47 Å². The molecule has 1 aromatic heterocycles. The van der Waals surface area contributed by atoms with Crippen LogP contribution in [0.1, 0.15) is 41.1 Å². The SMILES string of the molecule is O=C(NCc1ccccc1)Nc1ccc(C2OC(CN3CCN(c4ncccn4)CC3)CC(c3ccc(CO)cc3)O2)cc1. The molecule has 10 heteroatoms. The van der Waals surface area contributed by atoms with E-state index in [0.29, 0.717) is 12.2 Å². The number of hydrogen-bond donors (Lipinski definition) is 3. The second-order valence-electron chi connectivity index (χ2n) is 11.1. The van der Waals surface area contributed by atoms with Crippen LogP contribution in [-0.4, -0.2) is 64.8 Å². The standard InChI is InChI=1S/C34H38N6O4/c41-24-26-7-9-27(10-8-26)31-21-30(23-39-17-19-40(20-18-39)33-35-15-4-16-36-33)43-32(44-31)28-11-13-29(14-12-28)38-34(42)37-22-25-5-2-1-3-6-25/h1-16,30-32,41H,17-24H2,(H2,37,38,42). The number of hydrogen-bond acceptors (Lipinski definition) is 8. The van der Waals surface area contributed by atoms with Gasteiger partial charge in [-0.25, -0.2) is 14.8 Å². The van der Waals surface area contributed by atoms with Crippen molar-refractivity contribution in [2.24, 2.45) is 0 Å². The van der Waals surface area contributed by atoms with Crippen LogP contribution < -0.4 is 15.5 Å². The third-order valence-corrected chi connectivity index (χ3v) is 8.02. The molecule has 2 aliphatic rings. The Morgan fingerprint density at radius 3 is 2.23 bits per heavy atom. The first-order valence-corrected chi connectivity index (χ1v) is 15.1. The van der Waals surface area contributed by atoms with Crippen LogP contribution in [0.25, 0.3) is 0 Å². The summed E-state index contributed by atoms with van der Waals surface area (Å²) in [6.07, 6.45) is 3.52. The van der Waals surface area contributed by atoms with Gasteiger partial charge in [0.1, 0.15) is 0 Å². The number of rotatable bonds is 9. The van der Waals surface area contributed by atoms with Crippen LogP contribution in [0, 0.1) is 0 Å². The van der Waals surface area contributed by atoms with Gasteiger partial charge in [-0.05, 0) is 34.9 Å². The summed E-state index contributed by atoms with van der Waals surface area (Å²) in [5, 5.41) is 15.3. The molecule has 3 atom stereocenters. The Labute approximate surface area is 257 Å². The first-order valence-electron chi connectivity index (χ1n) is 15.1. The van der Waals surface area contributed by atoms with Crippen molar-refractivity contribution in [1.29, 1.82) is 0 Å². The molecule has 3 unspecified atom stereocenters. The van der Waals surface area contributed by atoms with Crippen molar-refractivity contribution in [1.82, 2.24) is 20.2 Å². The second kappa shape index (κ2) is 14.4. The number of aliphatic hydroxyl groups excluding tert-OH is 1. The predicted octanol–water partition coefficient (Wildman–Crippen LogP) is 4.66. The maximum absolute atomic E-state index is 12.4. The maximum atomic E-state index is 12.4. The van der Waals surface area contributed by atoms with Gasteiger partial charge in [-0.3, -0.25) is 4.90 Å². The van der Waals surface area contributed by atoms with E-state index in [0.717, 1.165) is 67.3 Å². The molecule has 44 heavy (non-hydrogen) atoms. The van der Waals surface area contributed by atoms with E-state index in [1.54, 1.807) is 12.4 Å². The Kier molecular flexibility index (Phi) is 9.73. The van der Waals surface area contributed by atoms with Crippen LogP contribution in [0.5, 0.6) is 0 Å². The molecule has 0 aliphatic carbocycles. The van der Waals surface area contributed by atoms with Gasteiger partial charge in [0.15, 0.2) is 6.29 Å². The summed E-state index contributed by atoms with van der Waals surface area (Å²) in [7, 11) is 0. The van der Waals surface area contributed by atoms with Gasteiger partial charge in [0.05, 0.1) is 18.8 Å². The van der Waals surface area contributed by atoms with Crippen LogP contribution in [-0.2, 0) is 22.6 Å². The van der Waals surface area contributed by atoms with Crippen molar-refractivity contribution < 1.29 is 19.4 Å². The molecule has 0 saturated carbocycles. The number of amides is 2. The van der Waals surface area contributed by atoms with E-state index in [1.165, 1.54) is 0 Å². The van der Waals surface area contributed by atoms with Gasteiger partial charge in [0.2, 0.25) is 5.95 Å². The van der Waals surface area contributed by atoms with Crippen molar-refractivity contribution in [3.05, 3.63) is 120 Å². The summed E-state index contributed by atoms with van der Waals surface area (Å²) in [5.41, 5.74) is 4.52. The van der Waals surface area contributed by atoms with Crippen molar-refractivity contribution >= 4 is 17.7 Å². The summed E-state index contributed by atoms with van der Waals surface area (Å²) >= 11 is 0. The summed E-state index contributed by atoms with van der Waals surface area (Å²) in [6.45, 7) is 4.75. The predicted molar refractivity (Wildman–Crippen MR) is 168 cm³/mol. The molecular weight excluding hydrogens is 556 g/mol. The number of ether oxygens (including phenoxy) is 2. The molecule has 0 radical (unpaired) electrons. The van der Waals surface area contributed by atoms with Crippen LogP contribution in [0.4, 0.5) is 16.4 Å². The number of aliphatic hydroxyl groups is 1. The summed E-state index contributed by atoms with van der Waals surface area (Å²) in [5.74, 6) is 0.771. The molecule has 2 aliphatic heterocycles. The molecule has 0 bridgehead atoms. The van der Waals surface area contributed by atoms with Gasteiger partial charge >= 0.3 is 6.03 Å². The van der Waals surface area contributed by atoms with Crippen molar-refractivity contribution in [3.8, 4) is 0 Å². The lowest BCUT2D eigenvalue weighted by Gasteiger charge is -2.40. The van der Waals surface area contributed by atoms with Gasteiger partial charge in [-0.2, -0.15) is 0 Å². The first-order chi connectivity index (χ1) is 21.6. The van der Waals surface area contributed by atoms with Crippen LogP contribution in [0.2, 0.25) is 0 Å². The number of anilines is 2.